The normalized spacial score (nSPS) is 21.7. The third kappa shape index (κ3) is 9.85. The molecule has 0 saturated carbocycles. The van der Waals surface area contributed by atoms with Gasteiger partial charge >= 0.3 is 23.9 Å². The van der Waals surface area contributed by atoms with Crippen molar-refractivity contribution in [3.8, 4) is 5.75 Å². The molecule has 1 aliphatic heterocycles. The van der Waals surface area contributed by atoms with Crippen LogP contribution < -0.4 is 20.1 Å². The number of carboxylic acid groups (broad SMARTS) is 1. The molecule has 1 fully saturated rings. The number of amides is 2. The highest BCUT2D eigenvalue weighted by molar-refractivity contribution is 7.89. The second-order valence-corrected chi connectivity index (χ2v) is 12.2. The first-order valence-corrected chi connectivity index (χ1v) is 15.4. The smallest absolute Gasteiger partial charge is 0.322 e. The molecule has 0 radical (unpaired) electrons. The van der Waals surface area contributed by atoms with Crippen LogP contribution in [-0.4, -0.2) is 99.6 Å². The molecule has 0 unspecified atom stereocenters. The standard InChI is InChI=1S/C28H39N3O14S/c1-12-9-20(41-8)13(2)14(3)26(12)46(39,40)31-19(28(37)38)10-22(36)30-27-23(29-15(4)32)25(44-18(7)35)24(43-17(6)34)21(45-27)11-42-16(5)33/h9,19,21,23-25,27,31H,10-11H2,1-8H3,(H,29,32)(H,30,36)(H,37,38)/t19-,21+,23+,24+,25+,27+/m0/s1. The van der Waals surface area contributed by atoms with E-state index in [2.05, 4.69) is 10.6 Å². The number of carboxylic acids is 1. The van der Waals surface area contributed by atoms with E-state index < -0.39 is 95.4 Å². The minimum atomic E-state index is -4.49. The molecule has 256 valence electrons. The summed E-state index contributed by atoms with van der Waals surface area (Å²) >= 11 is 0. The van der Waals surface area contributed by atoms with E-state index in [9.17, 15) is 42.3 Å². The van der Waals surface area contributed by atoms with Crippen LogP contribution >= 0.6 is 0 Å². The van der Waals surface area contributed by atoms with Crippen molar-refractivity contribution in [2.75, 3.05) is 13.7 Å². The summed E-state index contributed by atoms with van der Waals surface area (Å²) in [6.07, 6.45) is -6.78. The molecular formula is C28H39N3O14S. The maximum Gasteiger partial charge on any atom is 0.322 e. The number of aryl methyl sites for hydroxylation is 1. The van der Waals surface area contributed by atoms with Crippen molar-refractivity contribution in [2.45, 2.75) is 96.4 Å². The summed E-state index contributed by atoms with van der Waals surface area (Å²) in [6, 6.07) is -1.89. The van der Waals surface area contributed by atoms with Gasteiger partial charge in [0.25, 0.3) is 0 Å². The maximum atomic E-state index is 13.4. The third-order valence-electron chi connectivity index (χ3n) is 6.87. The van der Waals surface area contributed by atoms with Gasteiger partial charge in [-0.3, -0.25) is 28.8 Å². The third-order valence-corrected chi connectivity index (χ3v) is 8.63. The van der Waals surface area contributed by atoms with Crippen molar-refractivity contribution in [3.63, 3.8) is 0 Å². The van der Waals surface area contributed by atoms with Gasteiger partial charge in [0, 0.05) is 27.7 Å². The lowest BCUT2D eigenvalue weighted by Crippen LogP contribution is -2.69. The number of carbonyl (C=O) groups is 6. The summed E-state index contributed by atoms with van der Waals surface area (Å²) in [7, 11) is -3.07. The number of nitrogens with one attached hydrogen (secondary N) is 3. The number of aliphatic carboxylic acids is 1. The van der Waals surface area contributed by atoms with Crippen molar-refractivity contribution < 1.29 is 66.0 Å². The van der Waals surface area contributed by atoms with E-state index in [0.717, 1.165) is 27.7 Å². The number of benzene rings is 1. The largest absolute Gasteiger partial charge is 0.496 e. The molecule has 0 aromatic heterocycles. The lowest BCUT2D eigenvalue weighted by atomic mass is 9.95. The Morgan fingerprint density at radius 1 is 0.913 bits per heavy atom. The molecule has 46 heavy (non-hydrogen) atoms. The molecule has 1 saturated heterocycles. The Kier molecular flexibility index (Phi) is 13.0. The number of hydrogen-bond donors (Lipinski definition) is 4. The van der Waals surface area contributed by atoms with Crippen LogP contribution in [0.4, 0.5) is 0 Å². The van der Waals surface area contributed by atoms with Crippen molar-refractivity contribution in [3.05, 3.63) is 22.8 Å². The lowest BCUT2D eigenvalue weighted by Gasteiger charge is -2.45. The van der Waals surface area contributed by atoms with Crippen LogP contribution in [0.2, 0.25) is 0 Å². The average molecular weight is 674 g/mol. The van der Waals surface area contributed by atoms with Gasteiger partial charge in [-0.25, -0.2) is 8.42 Å². The molecule has 2 rings (SSSR count). The van der Waals surface area contributed by atoms with Crippen molar-refractivity contribution >= 4 is 45.7 Å². The number of carbonyl (C=O) groups excluding carboxylic acids is 5. The SMILES string of the molecule is COc1cc(C)c(S(=O)(=O)N[C@@H](CC(=O)N[C@@H]2O[C@H](COC(C)=O)[C@@H](OC(C)=O)[C@H](OC(C)=O)[C@H]2NC(C)=O)C(=O)O)c(C)c1C. The Hall–Kier alpha value is -4.29. The zero-order valence-corrected chi connectivity index (χ0v) is 27.4. The molecule has 6 atom stereocenters. The van der Waals surface area contributed by atoms with Gasteiger partial charge in [0.05, 0.1) is 18.4 Å². The lowest BCUT2D eigenvalue weighted by molar-refractivity contribution is -0.228. The highest BCUT2D eigenvalue weighted by Gasteiger charge is 2.51. The fraction of sp³-hybridized carbons (Fsp3) is 0.571. The summed E-state index contributed by atoms with van der Waals surface area (Å²) in [5, 5.41) is 14.7. The van der Waals surface area contributed by atoms with Crippen LogP contribution in [0, 0.1) is 20.8 Å². The average Bonchev–Trinajstić information content (AvgIpc) is 2.91. The van der Waals surface area contributed by atoms with Crippen LogP contribution in [0.5, 0.6) is 5.75 Å². The fourth-order valence-corrected chi connectivity index (χ4v) is 6.65. The van der Waals surface area contributed by atoms with E-state index in [1.807, 2.05) is 4.72 Å². The van der Waals surface area contributed by atoms with Crippen LogP contribution in [0.25, 0.3) is 0 Å². The monoisotopic (exact) mass is 673 g/mol. The molecule has 17 nitrogen and oxygen atoms in total. The molecule has 0 aliphatic carbocycles. The minimum absolute atomic E-state index is 0.187. The molecule has 1 aromatic rings. The first-order valence-electron chi connectivity index (χ1n) is 13.9. The zero-order chi connectivity index (χ0) is 35.1. The summed E-state index contributed by atoms with van der Waals surface area (Å²) in [4.78, 5) is 72.7. The van der Waals surface area contributed by atoms with Gasteiger partial charge in [-0.1, -0.05) is 0 Å². The van der Waals surface area contributed by atoms with Gasteiger partial charge in [-0.2, -0.15) is 4.72 Å². The Bertz CT molecular complexity index is 1480. The summed E-state index contributed by atoms with van der Waals surface area (Å²) < 4.78 is 55.5. The second-order valence-electron chi connectivity index (χ2n) is 10.5. The minimum Gasteiger partial charge on any atom is -0.496 e. The van der Waals surface area contributed by atoms with Gasteiger partial charge in [0.15, 0.2) is 18.4 Å². The van der Waals surface area contributed by atoms with E-state index in [0.29, 0.717) is 16.9 Å². The van der Waals surface area contributed by atoms with E-state index in [1.54, 1.807) is 6.92 Å². The van der Waals surface area contributed by atoms with Crippen LogP contribution in [0.3, 0.4) is 0 Å². The predicted octanol–water partition coefficient (Wildman–Crippen LogP) is -0.486. The number of hydrogen-bond acceptors (Lipinski definition) is 13. The van der Waals surface area contributed by atoms with Gasteiger partial charge in [0.1, 0.15) is 30.5 Å². The summed E-state index contributed by atoms with van der Waals surface area (Å²) in [5.74, 6) is -5.43. The van der Waals surface area contributed by atoms with E-state index >= 15 is 0 Å². The molecular weight excluding hydrogens is 634 g/mol. The van der Waals surface area contributed by atoms with E-state index in [4.69, 9.17) is 23.7 Å². The highest BCUT2D eigenvalue weighted by atomic mass is 32.2. The zero-order valence-electron chi connectivity index (χ0n) is 26.6. The first-order chi connectivity index (χ1) is 21.3. The van der Waals surface area contributed by atoms with E-state index in [1.165, 1.54) is 27.0 Å². The molecule has 0 bridgehead atoms. The van der Waals surface area contributed by atoms with Crippen molar-refractivity contribution in [1.29, 1.82) is 0 Å². The Balaban J connectivity index is 2.43. The summed E-state index contributed by atoms with van der Waals surface area (Å²) in [5.41, 5.74) is 1.09. The van der Waals surface area contributed by atoms with E-state index in [-0.39, 0.29) is 10.5 Å². The Morgan fingerprint density at radius 2 is 1.50 bits per heavy atom. The number of methoxy groups -OCH3 is 1. The van der Waals surface area contributed by atoms with Crippen molar-refractivity contribution in [1.82, 2.24) is 15.4 Å². The molecule has 2 amide bonds. The van der Waals surface area contributed by atoms with Gasteiger partial charge in [0.2, 0.25) is 21.8 Å². The van der Waals surface area contributed by atoms with Gasteiger partial charge in [-0.15, -0.1) is 0 Å². The van der Waals surface area contributed by atoms with Crippen LogP contribution in [-0.2, 0) is 57.7 Å². The van der Waals surface area contributed by atoms with Crippen molar-refractivity contribution in [2.24, 2.45) is 0 Å². The number of rotatable bonds is 13. The number of ether oxygens (including phenoxy) is 5. The topological polar surface area (TPSA) is 239 Å². The maximum absolute atomic E-state index is 13.4. The molecule has 4 N–H and O–H groups in total. The number of esters is 3. The molecule has 0 spiro atoms. The molecule has 1 aliphatic rings. The highest BCUT2D eigenvalue weighted by Crippen LogP contribution is 2.31. The molecule has 1 heterocycles. The van der Waals surface area contributed by atoms with Crippen LogP contribution in [0.15, 0.2) is 11.0 Å². The van der Waals surface area contributed by atoms with Gasteiger partial charge < -0.3 is 39.4 Å². The number of sulfonamides is 1. The molecule has 1 aromatic carbocycles. The molecule has 18 heteroatoms. The summed E-state index contributed by atoms with van der Waals surface area (Å²) in [6.45, 7) is 8.42. The van der Waals surface area contributed by atoms with Crippen LogP contribution in [0.1, 0.15) is 50.8 Å². The second kappa shape index (κ2) is 15.8. The fourth-order valence-electron chi connectivity index (χ4n) is 4.93. The predicted molar refractivity (Wildman–Crippen MR) is 156 cm³/mol. The quantitative estimate of drug-likeness (QED) is 0.153. The first kappa shape index (κ1) is 37.9. The Morgan fingerprint density at radius 3 is 2.00 bits per heavy atom. The Labute approximate surface area is 265 Å². The van der Waals surface area contributed by atoms with Gasteiger partial charge in [-0.05, 0) is 43.5 Å².